The van der Waals surface area contributed by atoms with Crippen LogP contribution in [0, 0.1) is 20.8 Å². The van der Waals surface area contributed by atoms with Crippen LogP contribution in [0.5, 0.6) is 0 Å². The normalized spacial score (nSPS) is 11.2. The highest BCUT2D eigenvalue weighted by Crippen LogP contribution is 2.31. The monoisotopic (exact) mass is 288 g/mol. The van der Waals surface area contributed by atoms with E-state index in [1.165, 1.54) is 10.4 Å². The number of aryl methyl sites for hydroxylation is 3. The molecule has 0 N–H and O–H groups in total. The Kier molecular flexibility index (Phi) is 3.03. The average Bonchev–Trinajstić information content (AvgIpc) is 2.70. The molecule has 96 valence electrons. The summed E-state index contributed by atoms with van der Waals surface area (Å²) >= 11 is 7.99. The molecule has 2 heterocycles. The molecule has 0 bridgehead atoms. The van der Waals surface area contributed by atoms with Gasteiger partial charge in [-0.15, -0.1) is 11.3 Å². The number of rotatable bonds is 1. The smallest absolute Gasteiger partial charge is 0.171 e. The maximum absolute atomic E-state index is 6.28. The largest absolute Gasteiger partial charge is 0.227 e. The van der Waals surface area contributed by atoms with Crippen LogP contribution in [0.2, 0.25) is 5.15 Å². The van der Waals surface area contributed by atoms with Crippen LogP contribution in [0.4, 0.5) is 0 Å². The van der Waals surface area contributed by atoms with Crippen LogP contribution in [-0.4, -0.2) is 9.97 Å². The lowest BCUT2D eigenvalue weighted by molar-refractivity contribution is 1.23. The average molecular weight is 289 g/mol. The highest BCUT2D eigenvalue weighted by molar-refractivity contribution is 7.15. The molecule has 3 rings (SSSR count). The number of benzene rings is 1. The Labute approximate surface area is 121 Å². The number of hydrogen-bond acceptors (Lipinski definition) is 3. The molecule has 0 atom stereocenters. The summed E-state index contributed by atoms with van der Waals surface area (Å²) in [4.78, 5) is 11.4. The van der Waals surface area contributed by atoms with E-state index in [9.17, 15) is 0 Å². The molecule has 0 saturated carbocycles. The molecular formula is C15H13ClN2S. The fraction of sp³-hybridized carbons (Fsp3) is 0.200. The van der Waals surface area contributed by atoms with Crippen LogP contribution in [0.1, 0.15) is 16.0 Å². The van der Waals surface area contributed by atoms with E-state index in [4.69, 9.17) is 11.6 Å². The first-order chi connectivity index (χ1) is 9.04. The first-order valence-corrected chi connectivity index (χ1v) is 7.25. The number of hydrogen-bond donors (Lipinski definition) is 0. The van der Waals surface area contributed by atoms with Crippen molar-refractivity contribution in [3.05, 3.63) is 45.4 Å². The molecule has 0 amide bonds. The number of thiophene rings is 1. The molecule has 19 heavy (non-hydrogen) atoms. The Balaban J connectivity index is 2.23. The quantitative estimate of drug-likeness (QED) is 0.593. The van der Waals surface area contributed by atoms with Crippen molar-refractivity contribution in [3.63, 3.8) is 0 Å². The summed E-state index contributed by atoms with van der Waals surface area (Å²) in [7, 11) is 0. The number of halogens is 1. The van der Waals surface area contributed by atoms with Crippen LogP contribution in [0.15, 0.2) is 24.3 Å². The molecule has 3 aromatic rings. The van der Waals surface area contributed by atoms with Crippen LogP contribution in [-0.2, 0) is 0 Å². The van der Waals surface area contributed by atoms with Crippen molar-refractivity contribution >= 4 is 33.8 Å². The Morgan fingerprint density at radius 3 is 2.53 bits per heavy atom. The topological polar surface area (TPSA) is 25.8 Å². The van der Waals surface area contributed by atoms with E-state index in [0.717, 1.165) is 21.3 Å². The van der Waals surface area contributed by atoms with Crippen LogP contribution < -0.4 is 0 Å². The van der Waals surface area contributed by atoms with Gasteiger partial charge in [0.25, 0.3) is 0 Å². The molecule has 0 aliphatic carbocycles. The highest BCUT2D eigenvalue weighted by atomic mass is 35.5. The van der Waals surface area contributed by atoms with E-state index in [1.807, 2.05) is 25.1 Å². The lowest BCUT2D eigenvalue weighted by atomic mass is 10.2. The molecule has 1 aromatic carbocycles. The lowest BCUT2D eigenvalue weighted by Gasteiger charge is -2.03. The van der Waals surface area contributed by atoms with Crippen molar-refractivity contribution in [3.8, 4) is 10.7 Å². The van der Waals surface area contributed by atoms with Crippen LogP contribution in [0.3, 0.4) is 0 Å². The van der Waals surface area contributed by atoms with Crippen molar-refractivity contribution in [1.82, 2.24) is 9.97 Å². The minimum Gasteiger partial charge on any atom is -0.227 e. The second-order valence-corrected chi connectivity index (χ2v) is 6.32. The molecule has 2 nitrogen and oxygen atoms in total. The predicted molar refractivity (Wildman–Crippen MR) is 82.1 cm³/mol. The van der Waals surface area contributed by atoms with Gasteiger partial charge in [-0.2, -0.15) is 0 Å². The Morgan fingerprint density at radius 2 is 1.84 bits per heavy atom. The zero-order valence-corrected chi connectivity index (χ0v) is 12.6. The summed E-state index contributed by atoms with van der Waals surface area (Å²) in [5, 5.41) is 1.43. The Bertz CT molecular complexity index is 758. The van der Waals surface area contributed by atoms with Gasteiger partial charge in [0.05, 0.1) is 10.4 Å². The number of aromatic nitrogens is 2. The molecule has 2 aromatic heterocycles. The second-order valence-electron chi connectivity index (χ2n) is 4.71. The van der Waals surface area contributed by atoms with Crippen LogP contribution >= 0.6 is 22.9 Å². The summed E-state index contributed by atoms with van der Waals surface area (Å²) in [5.41, 5.74) is 3.32. The molecular weight excluding hydrogens is 276 g/mol. The standard InChI is InChI=1S/C15H13ClN2S/c1-8-4-5-12-11(6-8)14(16)18-15(17-12)13-7-9(2)10(3)19-13/h4-7H,1-3H3. The minimum atomic E-state index is 0.521. The van der Waals surface area contributed by atoms with Gasteiger partial charge >= 0.3 is 0 Å². The van der Waals surface area contributed by atoms with Gasteiger partial charge in [0, 0.05) is 10.3 Å². The van der Waals surface area contributed by atoms with E-state index >= 15 is 0 Å². The van der Waals surface area contributed by atoms with Crippen molar-refractivity contribution in [2.75, 3.05) is 0 Å². The summed E-state index contributed by atoms with van der Waals surface area (Å²) in [6.07, 6.45) is 0. The number of nitrogens with zero attached hydrogens (tertiary/aromatic N) is 2. The van der Waals surface area contributed by atoms with Gasteiger partial charge < -0.3 is 0 Å². The molecule has 4 heteroatoms. The predicted octanol–water partition coefficient (Wildman–Crippen LogP) is 4.94. The van der Waals surface area contributed by atoms with Gasteiger partial charge in [-0.05, 0) is 44.5 Å². The van der Waals surface area contributed by atoms with Gasteiger partial charge in [-0.1, -0.05) is 23.2 Å². The van der Waals surface area contributed by atoms with Gasteiger partial charge in [0.15, 0.2) is 5.82 Å². The molecule has 0 radical (unpaired) electrons. The summed E-state index contributed by atoms with van der Waals surface area (Å²) in [6.45, 7) is 6.24. The number of fused-ring (bicyclic) bond motifs is 1. The third-order valence-electron chi connectivity index (χ3n) is 3.19. The van der Waals surface area contributed by atoms with Crippen LogP contribution in [0.25, 0.3) is 21.6 Å². The highest BCUT2D eigenvalue weighted by Gasteiger charge is 2.11. The van der Waals surface area contributed by atoms with E-state index in [-0.39, 0.29) is 0 Å². The second kappa shape index (κ2) is 4.58. The van der Waals surface area contributed by atoms with E-state index in [2.05, 4.69) is 29.9 Å². The van der Waals surface area contributed by atoms with E-state index in [1.54, 1.807) is 11.3 Å². The Hall–Kier alpha value is -1.45. The third kappa shape index (κ3) is 2.24. The van der Waals surface area contributed by atoms with E-state index in [0.29, 0.717) is 11.0 Å². The molecule has 0 aliphatic heterocycles. The van der Waals surface area contributed by atoms with Crippen molar-refractivity contribution in [1.29, 1.82) is 0 Å². The zero-order valence-electron chi connectivity index (χ0n) is 11.0. The zero-order chi connectivity index (χ0) is 13.6. The molecule has 0 saturated heterocycles. The molecule has 0 aliphatic rings. The maximum atomic E-state index is 6.28. The fourth-order valence-corrected chi connectivity index (χ4v) is 3.20. The fourth-order valence-electron chi connectivity index (χ4n) is 2.00. The van der Waals surface area contributed by atoms with E-state index < -0.39 is 0 Å². The lowest BCUT2D eigenvalue weighted by Crippen LogP contribution is -1.90. The molecule has 0 fully saturated rings. The van der Waals surface area contributed by atoms with Crippen molar-refractivity contribution in [2.45, 2.75) is 20.8 Å². The Morgan fingerprint density at radius 1 is 1.05 bits per heavy atom. The third-order valence-corrected chi connectivity index (χ3v) is 4.63. The van der Waals surface area contributed by atoms with Crippen molar-refractivity contribution < 1.29 is 0 Å². The van der Waals surface area contributed by atoms with Gasteiger partial charge in [0.1, 0.15) is 5.15 Å². The van der Waals surface area contributed by atoms with Crippen molar-refractivity contribution in [2.24, 2.45) is 0 Å². The van der Waals surface area contributed by atoms with Gasteiger partial charge in [-0.3, -0.25) is 0 Å². The maximum Gasteiger partial charge on any atom is 0.171 e. The minimum absolute atomic E-state index is 0.521. The summed E-state index contributed by atoms with van der Waals surface area (Å²) in [5.74, 6) is 0.711. The SMILES string of the molecule is Cc1ccc2nc(-c3cc(C)c(C)s3)nc(Cl)c2c1. The van der Waals surface area contributed by atoms with Gasteiger partial charge in [-0.25, -0.2) is 9.97 Å². The molecule has 0 unspecified atom stereocenters. The van der Waals surface area contributed by atoms with Gasteiger partial charge in [0.2, 0.25) is 0 Å². The first-order valence-electron chi connectivity index (χ1n) is 6.06. The first kappa shape index (κ1) is 12.6. The summed E-state index contributed by atoms with van der Waals surface area (Å²) < 4.78 is 0. The molecule has 0 spiro atoms. The summed E-state index contributed by atoms with van der Waals surface area (Å²) in [6, 6.07) is 8.17.